The lowest BCUT2D eigenvalue weighted by Crippen LogP contribution is -2.25. The van der Waals surface area contributed by atoms with Crippen LogP contribution in [0.1, 0.15) is 51.6 Å². The van der Waals surface area contributed by atoms with Crippen molar-refractivity contribution in [2.45, 2.75) is 38.3 Å². The molecule has 1 aliphatic rings. The first-order chi connectivity index (χ1) is 18.5. The number of rotatable bonds is 9. The molecule has 5 rings (SSSR count). The Balaban J connectivity index is 1.35. The Hall–Kier alpha value is -3.61. The van der Waals surface area contributed by atoms with Gasteiger partial charge in [-0.1, -0.05) is 65.7 Å². The largest absolute Gasteiger partial charge is 0.489 e. The van der Waals surface area contributed by atoms with Crippen LogP contribution in [0.25, 0.3) is 0 Å². The van der Waals surface area contributed by atoms with E-state index in [1.807, 2.05) is 72.8 Å². The number of ether oxygens (including phenoxy) is 1. The molecule has 0 spiro atoms. The zero-order valence-corrected chi connectivity index (χ0v) is 22.2. The maximum atomic E-state index is 12.0. The molecule has 1 N–H and O–H groups in total. The van der Waals surface area contributed by atoms with Crippen LogP contribution in [0.2, 0.25) is 10.0 Å². The van der Waals surface area contributed by atoms with E-state index in [-0.39, 0.29) is 11.6 Å². The van der Waals surface area contributed by atoms with Gasteiger partial charge < -0.3 is 14.7 Å². The summed E-state index contributed by atoms with van der Waals surface area (Å²) in [6.07, 6.45) is 4.43. The van der Waals surface area contributed by atoms with Gasteiger partial charge in [-0.3, -0.25) is 0 Å². The van der Waals surface area contributed by atoms with Crippen molar-refractivity contribution in [1.82, 2.24) is 9.97 Å². The molecule has 38 heavy (non-hydrogen) atoms. The van der Waals surface area contributed by atoms with E-state index in [2.05, 4.69) is 9.88 Å². The van der Waals surface area contributed by atoms with Gasteiger partial charge in [0.25, 0.3) is 0 Å². The Morgan fingerprint density at radius 2 is 1.68 bits per heavy atom. The van der Waals surface area contributed by atoms with Crippen LogP contribution in [-0.4, -0.2) is 27.6 Å². The van der Waals surface area contributed by atoms with E-state index in [0.717, 1.165) is 41.8 Å². The molecular weight excluding hydrogens is 521 g/mol. The molecule has 1 saturated heterocycles. The highest BCUT2D eigenvalue weighted by atomic mass is 35.5. The average Bonchev–Trinajstić information content (AvgIpc) is 3.42. The van der Waals surface area contributed by atoms with Crippen LogP contribution in [0.3, 0.4) is 0 Å². The summed E-state index contributed by atoms with van der Waals surface area (Å²) < 4.78 is 6.10. The average molecular weight is 548 g/mol. The van der Waals surface area contributed by atoms with Gasteiger partial charge in [-0.2, -0.15) is 0 Å². The summed E-state index contributed by atoms with van der Waals surface area (Å²) in [6.45, 7) is 1.22. The number of aromatic nitrogens is 2. The third-order valence-electron chi connectivity index (χ3n) is 6.76. The number of anilines is 1. The maximum absolute atomic E-state index is 12.0. The molecule has 8 heteroatoms. The van der Waals surface area contributed by atoms with Crippen LogP contribution in [0.15, 0.2) is 79.0 Å². The molecule has 0 bridgehead atoms. The van der Waals surface area contributed by atoms with Crippen LogP contribution < -0.4 is 9.64 Å². The highest BCUT2D eigenvalue weighted by Crippen LogP contribution is 2.35. The molecule has 4 aromatic rings. The van der Waals surface area contributed by atoms with Crippen molar-refractivity contribution in [2.75, 3.05) is 11.4 Å². The molecule has 1 atom stereocenters. The predicted molar refractivity (Wildman–Crippen MR) is 149 cm³/mol. The summed E-state index contributed by atoms with van der Waals surface area (Å²) in [7, 11) is 0. The van der Waals surface area contributed by atoms with E-state index in [0.29, 0.717) is 41.1 Å². The minimum absolute atomic E-state index is 0.121. The first kappa shape index (κ1) is 26.0. The van der Waals surface area contributed by atoms with Crippen LogP contribution in [-0.2, 0) is 19.4 Å². The number of carbonyl (C=O) groups is 1. The summed E-state index contributed by atoms with van der Waals surface area (Å²) in [6, 6.07) is 23.3. The van der Waals surface area contributed by atoms with Gasteiger partial charge in [0, 0.05) is 22.8 Å². The van der Waals surface area contributed by atoms with Crippen molar-refractivity contribution in [1.29, 1.82) is 0 Å². The summed E-state index contributed by atoms with van der Waals surface area (Å²) in [5.41, 5.74) is 3.77. The van der Waals surface area contributed by atoms with Gasteiger partial charge in [0.15, 0.2) is 0 Å². The van der Waals surface area contributed by atoms with Crippen LogP contribution in [0.4, 0.5) is 5.95 Å². The van der Waals surface area contributed by atoms with E-state index in [1.165, 1.54) is 6.20 Å². The summed E-state index contributed by atoms with van der Waals surface area (Å²) in [4.78, 5) is 23.4. The molecule has 0 aliphatic carbocycles. The topological polar surface area (TPSA) is 75.5 Å². The lowest BCUT2D eigenvalue weighted by atomic mass is 10.0. The van der Waals surface area contributed by atoms with Gasteiger partial charge in [-0.25, -0.2) is 14.8 Å². The van der Waals surface area contributed by atoms with Crippen LogP contribution in [0, 0.1) is 0 Å². The van der Waals surface area contributed by atoms with Crippen molar-refractivity contribution in [3.63, 3.8) is 0 Å². The second-order valence-electron chi connectivity index (χ2n) is 9.26. The molecule has 3 aromatic carbocycles. The Morgan fingerprint density at radius 3 is 2.42 bits per heavy atom. The van der Waals surface area contributed by atoms with Gasteiger partial charge in [-0.15, -0.1) is 0 Å². The van der Waals surface area contributed by atoms with Gasteiger partial charge in [-0.05, 0) is 72.7 Å². The SMILES string of the molecule is O=C(O)c1cnc(N2CCC[C@@H]2c2ccc(Cl)cc2)nc1CCc1ccccc1OCc1ccc(Cl)cc1. The standard InChI is InChI=1S/C30H27Cl2N3O3/c31-23-12-7-20(8-13-23)19-38-28-6-2-1-4-22(28)11-16-26-25(29(36)37)18-33-30(34-26)35-17-3-5-27(35)21-9-14-24(32)15-10-21/h1-2,4,6-10,12-15,18,27H,3,5,11,16-17,19H2,(H,36,37)/t27-/m1/s1. The van der Waals surface area contributed by atoms with E-state index in [9.17, 15) is 9.90 Å². The normalized spacial score (nSPS) is 15.0. The Labute approximate surface area is 231 Å². The van der Waals surface area contributed by atoms with Crippen molar-refractivity contribution in [3.8, 4) is 5.75 Å². The van der Waals surface area contributed by atoms with Gasteiger partial charge in [0.2, 0.25) is 5.95 Å². The molecule has 0 unspecified atom stereocenters. The maximum Gasteiger partial charge on any atom is 0.339 e. The predicted octanol–water partition coefficient (Wildman–Crippen LogP) is 7.19. The third kappa shape index (κ3) is 6.09. The number of aryl methyl sites for hydroxylation is 2. The monoisotopic (exact) mass is 547 g/mol. The van der Waals surface area contributed by atoms with Crippen molar-refractivity contribution in [2.24, 2.45) is 0 Å². The summed E-state index contributed by atoms with van der Waals surface area (Å²) >= 11 is 12.1. The highest BCUT2D eigenvalue weighted by Gasteiger charge is 2.29. The number of benzene rings is 3. The third-order valence-corrected chi connectivity index (χ3v) is 7.27. The number of carboxylic acids is 1. The Bertz CT molecular complexity index is 1410. The second-order valence-corrected chi connectivity index (χ2v) is 10.1. The smallest absolute Gasteiger partial charge is 0.339 e. The summed E-state index contributed by atoms with van der Waals surface area (Å²) in [5.74, 6) is 0.278. The fourth-order valence-electron chi connectivity index (χ4n) is 4.80. The Morgan fingerprint density at radius 1 is 0.974 bits per heavy atom. The fourth-order valence-corrected chi connectivity index (χ4v) is 5.05. The number of halogens is 2. The minimum Gasteiger partial charge on any atom is -0.489 e. The quantitative estimate of drug-likeness (QED) is 0.239. The summed E-state index contributed by atoms with van der Waals surface area (Å²) in [5, 5.41) is 11.2. The zero-order valence-electron chi connectivity index (χ0n) is 20.7. The van der Waals surface area contributed by atoms with E-state index < -0.39 is 5.97 Å². The van der Waals surface area contributed by atoms with Gasteiger partial charge >= 0.3 is 5.97 Å². The first-order valence-electron chi connectivity index (χ1n) is 12.5. The molecule has 0 amide bonds. The molecule has 2 heterocycles. The fraction of sp³-hybridized carbons (Fsp3) is 0.233. The Kier molecular flexibility index (Phi) is 8.11. The second kappa shape index (κ2) is 11.8. The van der Waals surface area contributed by atoms with Crippen LogP contribution >= 0.6 is 23.2 Å². The molecule has 0 saturated carbocycles. The van der Waals surface area contributed by atoms with Gasteiger partial charge in [0.1, 0.15) is 12.4 Å². The number of para-hydroxylation sites is 1. The van der Waals surface area contributed by atoms with E-state index >= 15 is 0 Å². The highest BCUT2D eigenvalue weighted by molar-refractivity contribution is 6.30. The first-order valence-corrected chi connectivity index (χ1v) is 13.3. The number of nitrogens with zero attached hydrogens (tertiary/aromatic N) is 3. The van der Waals surface area contributed by atoms with Crippen molar-refractivity contribution < 1.29 is 14.6 Å². The molecule has 6 nitrogen and oxygen atoms in total. The molecule has 194 valence electrons. The van der Waals surface area contributed by atoms with E-state index in [4.69, 9.17) is 32.9 Å². The number of aromatic carboxylic acids is 1. The number of hydrogen-bond acceptors (Lipinski definition) is 5. The molecule has 0 radical (unpaired) electrons. The van der Waals surface area contributed by atoms with Crippen molar-refractivity contribution in [3.05, 3.63) is 117 Å². The molecule has 1 aromatic heterocycles. The number of carboxylic acid groups (broad SMARTS) is 1. The lowest BCUT2D eigenvalue weighted by Gasteiger charge is -2.25. The lowest BCUT2D eigenvalue weighted by molar-refractivity contribution is 0.0694. The molecular formula is C30H27Cl2N3O3. The van der Waals surface area contributed by atoms with Crippen molar-refractivity contribution >= 4 is 35.1 Å². The number of hydrogen-bond donors (Lipinski definition) is 1. The van der Waals surface area contributed by atoms with Crippen LogP contribution in [0.5, 0.6) is 5.75 Å². The minimum atomic E-state index is -1.03. The molecule has 1 fully saturated rings. The van der Waals surface area contributed by atoms with E-state index in [1.54, 1.807) is 0 Å². The van der Waals surface area contributed by atoms with Gasteiger partial charge in [0.05, 0.1) is 17.3 Å². The molecule has 1 aliphatic heterocycles. The zero-order chi connectivity index (χ0) is 26.5.